The molecule has 0 aliphatic rings. The molecule has 0 fully saturated rings. The van der Waals surface area contributed by atoms with E-state index in [1.165, 1.54) is 0 Å². The van der Waals surface area contributed by atoms with Gasteiger partial charge in [-0.25, -0.2) is 0 Å². The van der Waals surface area contributed by atoms with Gasteiger partial charge in [0.05, 0.1) is 6.61 Å². The fourth-order valence-corrected chi connectivity index (χ4v) is 1.42. The fraction of sp³-hybridized carbons (Fsp3) is 0.714. The quantitative estimate of drug-likeness (QED) is 0.334. The Bertz CT molecular complexity index is 329. The molecular weight excluding hydrogens is 260 g/mol. The number of nitrogens with one attached hydrogen (secondary N) is 2. The lowest BCUT2D eigenvalue weighted by Crippen LogP contribution is -2.47. The van der Waals surface area contributed by atoms with Crippen molar-refractivity contribution < 1.29 is 19.8 Å². The lowest BCUT2D eigenvalue weighted by molar-refractivity contribution is -0.137. The number of rotatable bonds is 10. The van der Waals surface area contributed by atoms with Gasteiger partial charge in [0.2, 0.25) is 11.8 Å². The Morgan fingerprint density at radius 3 is 2.45 bits per heavy atom. The molecule has 0 aromatic carbocycles. The van der Waals surface area contributed by atoms with Gasteiger partial charge in [-0.3, -0.25) is 9.59 Å². The van der Waals surface area contributed by atoms with Gasteiger partial charge < -0.3 is 20.8 Å². The fourth-order valence-electron chi connectivity index (χ4n) is 1.42. The Balaban J connectivity index is 3.82. The Morgan fingerprint density at radius 1 is 1.30 bits per heavy atom. The molecule has 0 spiro atoms. The smallest absolute Gasteiger partial charge is 0.249 e. The molecule has 6 nitrogen and oxygen atoms in total. The zero-order chi connectivity index (χ0) is 15.6. The largest absolute Gasteiger partial charge is 0.396 e. The minimum atomic E-state index is -1.28. The van der Waals surface area contributed by atoms with E-state index < -0.39 is 17.4 Å². The van der Waals surface area contributed by atoms with E-state index in [1.54, 1.807) is 19.9 Å². The van der Waals surface area contributed by atoms with Crippen molar-refractivity contribution in [3.63, 3.8) is 0 Å². The molecule has 0 rings (SSSR count). The number of carbonyl (C=O) groups excluding carboxylic acids is 2. The normalized spacial score (nSPS) is 12.6. The average Bonchev–Trinajstić information content (AvgIpc) is 2.42. The molecule has 0 aliphatic carbocycles. The second-order valence-corrected chi connectivity index (χ2v) is 5.37. The van der Waals surface area contributed by atoms with E-state index in [-0.39, 0.29) is 19.1 Å². The predicted octanol–water partition coefficient (Wildman–Crippen LogP) is -0.0455. The van der Waals surface area contributed by atoms with Gasteiger partial charge in [-0.2, -0.15) is 0 Å². The Morgan fingerprint density at radius 2 is 1.90 bits per heavy atom. The number of aliphatic hydroxyl groups excluding tert-OH is 2. The first kappa shape index (κ1) is 18.6. The van der Waals surface area contributed by atoms with E-state index in [0.29, 0.717) is 13.0 Å². The number of hydrogen-bond acceptors (Lipinski definition) is 4. The zero-order valence-electron chi connectivity index (χ0n) is 12.3. The molecule has 0 saturated heterocycles. The van der Waals surface area contributed by atoms with Crippen LogP contribution in [-0.2, 0) is 9.59 Å². The van der Waals surface area contributed by atoms with Gasteiger partial charge >= 0.3 is 0 Å². The van der Waals surface area contributed by atoms with Crippen LogP contribution in [0.4, 0.5) is 0 Å². The third-order valence-electron chi connectivity index (χ3n) is 2.95. The van der Waals surface area contributed by atoms with Crippen LogP contribution < -0.4 is 10.6 Å². The summed E-state index contributed by atoms with van der Waals surface area (Å²) < 4.78 is 0. The van der Waals surface area contributed by atoms with Crippen molar-refractivity contribution in [3.05, 3.63) is 12.7 Å². The first-order valence-corrected chi connectivity index (χ1v) is 6.79. The molecule has 0 saturated carbocycles. The third-order valence-corrected chi connectivity index (χ3v) is 2.95. The van der Waals surface area contributed by atoms with Crippen molar-refractivity contribution in [2.24, 2.45) is 5.41 Å². The molecule has 116 valence electrons. The number of unbranched alkanes of at least 4 members (excludes halogenated alkanes) is 1. The molecule has 0 bridgehead atoms. The summed E-state index contributed by atoms with van der Waals surface area (Å²) in [6.45, 7) is 7.03. The van der Waals surface area contributed by atoms with Crippen LogP contribution >= 0.6 is 0 Å². The van der Waals surface area contributed by atoms with Gasteiger partial charge in [-0.05, 0) is 12.8 Å². The lowest BCUT2D eigenvalue weighted by atomic mass is 9.87. The standard InChI is InChI=1S/C14H26N2O4/c1-4-5-6-7-11(18)15-8-9-16-13(20)12(19)14(2,3)10-17/h4,12,17,19H,1,5-10H2,2-3H3,(H,15,18)(H,16,20)/t12-/m0/s1. The molecule has 2 amide bonds. The van der Waals surface area contributed by atoms with Crippen LogP contribution in [0, 0.1) is 5.41 Å². The van der Waals surface area contributed by atoms with E-state index in [9.17, 15) is 14.7 Å². The number of hydrogen-bond donors (Lipinski definition) is 4. The first-order valence-electron chi connectivity index (χ1n) is 6.79. The van der Waals surface area contributed by atoms with Crippen LogP contribution in [0.25, 0.3) is 0 Å². The number of carbonyl (C=O) groups is 2. The van der Waals surface area contributed by atoms with Crippen molar-refractivity contribution in [2.75, 3.05) is 19.7 Å². The van der Waals surface area contributed by atoms with E-state index in [0.717, 1.165) is 12.8 Å². The van der Waals surface area contributed by atoms with Gasteiger partial charge in [0, 0.05) is 24.9 Å². The van der Waals surface area contributed by atoms with Crippen LogP contribution in [0.2, 0.25) is 0 Å². The van der Waals surface area contributed by atoms with Gasteiger partial charge in [0.25, 0.3) is 0 Å². The second kappa shape index (κ2) is 9.50. The first-order chi connectivity index (χ1) is 9.35. The highest BCUT2D eigenvalue weighted by Crippen LogP contribution is 2.19. The number of aliphatic hydroxyl groups is 2. The lowest BCUT2D eigenvalue weighted by Gasteiger charge is -2.27. The molecule has 0 aromatic rings. The molecule has 0 radical (unpaired) electrons. The van der Waals surface area contributed by atoms with Gasteiger partial charge in [0.15, 0.2) is 0 Å². The number of allylic oxidation sites excluding steroid dienone is 1. The molecule has 0 aliphatic heterocycles. The van der Waals surface area contributed by atoms with Crippen LogP contribution in [0.3, 0.4) is 0 Å². The van der Waals surface area contributed by atoms with Crippen molar-refractivity contribution in [1.82, 2.24) is 10.6 Å². The molecule has 20 heavy (non-hydrogen) atoms. The van der Waals surface area contributed by atoms with Crippen LogP contribution in [0.15, 0.2) is 12.7 Å². The molecule has 4 N–H and O–H groups in total. The Kier molecular flexibility index (Phi) is 8.83. The predicted molar refractivity (Wildman–Crippen MR) is 76.9 cm³/mol. The summed E-state index contributed by atoms with van der Waals surface area (Å²) in [4.78, 5) is 23.0. The monoisotopic (exact) mass is 286 g/mol. The van der Waals surface area contributed by atoms with E-state index in [4.69, 9.17) is 5.11 Å². The summed E-state index contributed by atoms with van der Waals surface area (Å²) in [5.74, 6) is -0.623. The maximum absolute atomic E-state index is 11.6. The number of amides is 2. The minimum absolute atomic E-state index is 0.0719. The van der Waals surface area contributed by atoms with E-state index >= 15 is 0 Å². The molecule has 0 aromatic heterocycles. The van der Waals surface area contributed by atoms with Crippen molar-refractivity contribution in [3.8, 4) is 0 Å². The summed E-state index contributed by atoms with van der Waals surface area (Å²) >= 11 is 0. The summed E-state index contributed by atoms with van der Waals surface area (Å²) in [6, 6.07) is 0. The molecule has 6 heteroatoms. The molecule has 1 atom stereocenters. The van der Waals surface area contributed by atoms with E-state index in [2.05, 4.69) is 17.2 Å². The van der Waals surface area contributed by atoms with Gasteiger partial charge in [-0.15, -0.1) is 6.58 Å². The topological polar surface area (TPSA) is 98.7 Å². The summed E-state index contributed by atoms with van der Waals surface area (Å²) in [7, 11) is 0. The van der Waals surface area contributed by atoms with Crippen molar-refractivity contribution in [2.45, 2.75) is 39.2 Å². The van der Waals surface area contributed by atoms with Gasteiger partial charge in [0.1, 0.15) is 6.10 Å². The van der Waals surface area contributed by atoms with Gasteiger partial charge in [-0.1, -0.05) is 19.9 Å². The van der Waals surface area contributed by atoms with Crippen LogP contribution in [-0.4, -0.2) is 47.8 Å². The Labute approximate surface area is 120 Å². The zero-order valence-corrected chi connectivity index (χ0v) is 12.3. The molecule has 0 heterocycles. The summed E-state index contributed by atoms with van der Waals surface area (Å²) in [5, 5.41) is 24.0. The maximum Gasteiger partial charge on any atom is 0.249 e. The summed E-state index contributed by atoms with van der Waals surface area (Å²) in [5.41, 5.74) is -0.891. The SMILES string of the molecule is C=CCCCC(=O)NCCNC(=O)[C@H](O)C(C)(C)CO. The highest BCUT2D eigenvalue weighted by Gasteiger charge is 2.32. The van der Waals surface area contributed by atoms with Crippen LogP contribution in [0.5, 0.6) is 0 Å². The van der Waals surface area contributed by atoms with Crippen molar-refractivity contribution in [1.29, 1.82) is 0 Å². The highest BCUT2D eigenvalue weighted by molar-refractivity contribution is 5.81. The minimum Gasteiger partial charge on any atom is -0.396 e. The van der Waals surface area contributed by atoms with Crippen molar-refractivity contribution >= 4 is 11.8 Å². The highest BCUT2D eigenvalue weighted by atomic mass is 16.3. The summed E-state index contributed by atoms with van der Waals surface area (Å²) in [6.07, 6.45) is 2.46. The Hall–Kier alpha value is -1.40. The van der Waals surface area contributed by atoms with E-state index in [1.807, 2.05) is 0 Å². The second-order valence-electron chi connectivity index (χ2n) is 5.37. The average molecular weight is 286 g/mol. The third kappa shape index (κ3) is 7.25. The maximum atomic E-state index is 11.6. The molecule has 0 unspecified atom stereocenters. The molecular formula is C14H26N2O4. The van der Waals surface area contributed by atoms with Crippen LogP contribution in [0.1, 0.15) is 33.1 Å².